The van der Waals surface area contributed by atoms with E-state index in [4.69, 9.17) is 4.98 Å². The van der Waals surface area contributed by atoms with E-state index in [0.29, 0.717) is 21.6 Å². The molecule has 0 unspecified atom stereocenters. The molecule has 28 heavy (non-hydrogen) atoms. The lowest BCUT2D eigenvalue weighted by atomic mass is 10.1. The van der Waals surface area contributed by atoms with Crippen LogP contribution >= 0.6 is 27.3 Å². The first kappa shape index (κ1) is 19.3. The van der Waals surface area contributed by atoms with E-state index in [1.165, 1.54) is 11.3 Å². The summed E-state index contributed by atoms with van der Waals surface area (Å²) in [7, 11) is 1.79. The van der Waals surface area contributed by atoms with Gasteiger partial charge in [-0.25, -0.2) is 4.98 Å². The number of aromatic nitrogens is 2. The van der Waals surface area contributed by atoms with Gasteiger partial charge in [-0.2, -0.15) is 0 Å². The van der Waals surface area contributed by atoms with Crippen LogP contribution in [0.2, 0.25) is 0 Å². The molecule has 0 N–H and O–H groups in total. The average molecular weight is 460 g/mol. The van der Waals surface area contributed by atoms with Gasteiger partial charge in [-0.1, -0.05) is 40.5 Å². The monoisotopic (exact) mass is 459 g/mol. The Morgan fingerprint density at radius 2 is 2.07 bits per heavy atom. The predicted octanol–water partition coefficient (Wildman–Crippen LogP) is 4.53. The number of thiophene rings is 1. The molecule has 146 valence electrons. The van der Waals surface area contributed by atoms with Gasteiger partial charge in [-0.3, -0.25) is 14.2 Å². The zero-order valence-electron chi connectivity index (χ0n) is 16.0. The lowest BCUT2D eigenvalue weighted by molar-refractivity contribution is 0.0789. The number of halogens is 1. The molecule has 0 spiro atoms. The maximum Gasteiger partial charge on any atom is 0.264 e. The summed E-state index contributed by atoms with van der Waals surface area (Å²) in [6, 6.07) is 7.88. The van der Waals surface area contributed by atoms with Crippen molar-refractivity contribution in [3.8, 4) is 0 Å². The normalized spacial score (nSPS) is 14.0. The number of fused-ring (bicyclic) bond motifs is 2. The molecule has 3 heterocycles. The van der Waals surface area contributed by atoms with Crippen LogP contribution in [0.1, 0.15) is 45.9 Å². The van der Waals surface area contributed by atoms with Crippen molar-refractivity contribution in [1.82, 2.24) is 14.5 Å². The van der Waals surface area contributed by atoms with Crippen LogP contribution in [0.4, 0.5) is 0 Å². The van der Waals surface area contributed by atoms with Gasteiger partial charge in [0.1, 0.15) is 10.7 Å². The van der Waals surface area contributed by atoms with Crippen LogP contribution in [-0.4, -0.2) is 27.4 Å². The van der Waals surface area contributed by atoms with Gasteiger partial charge in [0.05, 0.1) is 10.3 Å². The minimum absolute atomic E-state index is 0.00292. The number of rotatable bonds is 3. The number of amides is 1. The first-order chi connectivity index (χ1) is 13.5. The summed E-state index contributed by atoms with van der Waals surface area (Å²) in [4.78, 5) is 34.0. The van der Waals surface area contributed by atoms with E-state index >= 15 is 0 Å². The van der Waals surface area contributed by atoms with E-state index in [9.17, 15) is 9.59 Å². The molecule has 1 aliphatic heterocycles. The van der Waals surface area contributed by atoms with Crippen LogP contribution in [0, 0.1) is 6.92 Å². The standard InChI is InChI=1S/C21H22BrN3O2S/c1-13-17-19(23-16-10-4-3-7-11-25(16)20(17)26)28-18(13)21(27)24(2)12-14-8-5-6-9-15(14)22/h5-6,8-9H,3-4,7,10-12H2,1-2H3. The minimum Gasteiger partial charge on any atom is -0.337 e. The number of aryl methyl sites for hydroxylation is 2. The Morgan fingerprint density at radius 3 is 2.86 bits per heavy atom. The molecule has 7 heteroatoms. The number of carbonyl (C=O) groups is 1. The molecule has 5 nitrogen and oxygen atoms in total. The van der Waals surface area contributed by atoms with Crippen molar-refractivity contribution in [2.45, 2.75) is 45.7 Å². The lowest BCUT2D eigenvalue weighted by Gasteiger charge is -2.17. The van der Waals surface area contributed by atoms with Crippen LogP contribution in [0.3, 0.4) is 0 Å². The quantitative estimate of drug-likeness (QED) is 0.577. The molecule has 3 aromatic rings. The van der Waals surface area contributed by atoms with Gasteiger partial charge in [0, 0.05) is 31.0 Å². The third-order valence-corrected chi connectivity index (χ3v) is 7.27. The fraction of sp³-hybridized carbons (Fsp3) is 0.381. The van der Waals surface area contributed by atoms with E-state index in [0.717, 1.165) is 53.7 Å². The Kier molecular flexibility index (Phi) is 5.38. The van der Waals surface area contributed by atoms with Crippen LogP contribution in [-0.2, 0) is 19.5 Å². The Labute approximate surface area is 176 Å². The highest BCUT2D eigenvalue weighted by molar-refractivity contribution is 9.10. The smallest absolute Gasteiger partial charge is 0.264 e. The summed E-state index contributed by atoms with van der Waals surface area (Å²) in [5.74, 6) is 0.785. The maximum atomic E-state index is 13.1. The molecule has 1 aromatic carbocycles. The molecule has 0 saturated carbocycles. The number of hydrogen-bond acceptors (Lipinski definition) is 4. The largest absolute Gasteiger partial charge is 0.337 e. The molecule has 0 bridgehead atoms. The molecular formula is C21H22BrN3O2S. The third kappa shape index (κ3) is 3.42. The SMILES string of the molecule is Cc1c(C(=O)N(C)Cc2ccccc2Br)sc2nc3n(c(=O)c12)CCCCC3. The highest BCUT2D eigenvalue weighted by Crippen LogP contribution is 2.30. The number of nitrogens with zero attached hydrogens (tertiary/aromatic N) is 3. The van der Waals surface area contributed by atoms with Crippen molar-refractivity contribution in [2.75, 3.05) is 7.05 Å². The first-order valence-corrected chi connectivity index (χ1v) is 11.1. The minimum atomic E-state index is -0.0733. The second-order valence-corrected chi connectivity index (χ2v) is 9.14. The van der Waals surface area contributed by atoms with Crippen LogP contribution in [0.25, 0.3) is 10.2 Å². The molecule has 0 radical (unpaired) electrons. The van der Waals surface area contributed by atoms with Crippen LogP contribution in [0.5, 0.6) is 0 Å². The summed E-state index contributed by atoms with van der Waals surface area (Å²) in [5.41, 5.74) is 1.80. The van der Waals surface area contributed by atoms with Crippen LogP contribution < -0.4 is 5.56 Å². The van der Waals surface area contributed by atoms with Crippen molar-refractivity contribution >= 4 is 43.4 Å². The Bertz CT molecular complexity index is 1120. The Morgan fingerprint density at radius 1 is 1.29 bits per heavy atom. The fourth-order valence-corrected chi connectivity index (χ4v) is 5.34. The van der Waals surface area contributed by atoms with Crippen molar-refractivity contribution in [3.63, 3.8) is 0 Å². The molecule has 4 rings (SSSR count). The van der Waals surface area contributed by atoms with Crippen molar-refractivity contribution in [3.05, 3.63) is 60.9 Å². The number of carbonyl (C=O) groups excluding carboxylic acids is 1. The summed E-state index contributed by atoms with van der Waals surface area (Å²) < 4.78 is 2.79. The molecule has 0 aliphatic carbocycles. The van der Waals surface area contributed by atoms with E-state index in [-0.39, 0.29) is 11.5 Å². The van der Waals surface area contributed by atoms with Crippen molar-refractivity contribution in [1.29, 1.82) is 0 Å². The van der Waals surface area contributed by atoms with E-state index in [2.05, 4.69) is 15.9 Å². The van der Waals surface area contributed by atoms with Gasteiger partial charge in [0.15, 0.2) is 0 Å². The van der Waals surface area contributed by atoms with Gasteiger partial charge in [0.2, 0.25) is 0 Å². The molecule has 1 aliphatic rings. The Hall–Kier alpha value is -1.99. The molecule has 0 saturated heterocycles. The van der Waals surface area contributed by atoms with Gasteiger partial charge in [-0.15, -0.1) is 11.3 Å². The average Bonchev–Trinajstić information content (AvgIpc) is 2.85. The molecular weight excluding hydrogens is 438 g/mol. The summed E-state index contributed by atoms with van der Waals surface area (Å²) in [5, 5.41) is 0.605. The summed E-state index contributed by atoms with van der Waals surface area (Å²) in [6.07, 6.45) is 4.01. The van der Waals surface area contributed by atoms with E-state index in [1.54, 1.807) is 11.9 Å². The Balaban J connectivity index is 1.72. The van der Waals surface area contributed by atoms with Crippen LogP contribution in [0.15, 0.2) is 33.5 Å². The number of benzene rings is 1. The highest BCUT2D eigenvalue weighted by Gasteiger charge is 2.24. The second kappa shape index (κ2) is 7.79. The molecule has 1 amide bonds. The summed E-state index contributed by atoms with van der Waals surface area (Å²) in [6.45, 7) is 3.08. The predicted molar refractivity (Wildman–Crippen MR) is 116 cm³/mol. The molecule has 2 aromatic heterocycles. The van der Waals surface area contributed by atoms with Gasteiger partial charge >= 0.3 is 0 Å². The lowest BCUT2D eigenvalue weighted by Crippen LogP contribution is -2.26. The van der Waals surface area contributed by atoms with Crippen molar-refractivity contribution < 1.29 is 4.79 Å². The van der Waals surface area contributed by atoms with Gasteiger partial charge in [0.25, 0.3) is 11.5 Å². The zero-order valence-corrected chi connectivity index (χ0v) is 18.4. The summed E-state index contributed by atoms with van der Waals surface area (Å²) >= 11 is 4.88. The fourth-order valence-electron chi connectivity index (χ4n) is 3.74. The first-order valence-electron chi connectivity index (χ1n) is 9.49. The van der Waals surface area contributed by atoms with Crippen molar-refractivity contribution in [2.24, 2.45) is 0 Å². The maximum absolute atomic E-state index is 13.1. The zero-order chi connectivity index (χ0) is 19.8. The topological polar surface area (TPSA) is 55.2 Å². The van der Waals surface area contributed by atoms with Gasteiger partial charge in [-0.05, 0) is 37.0 Å². The second-order valence-electron chi connectivity index (χ2n) is 7.28. The molecule has 0 fully saturated rings. The third-order valence-electron chi connectivity index (χ3n) is 5.32. The number of hydrogen-bond donors (Lipinski definition) is 0. The van der Waals surface area contributed by atoms with E-state index < -0.39 is 0 Å². The van der Waals surface area contributed by atoms with E-state index in [1.807, 2.05) is 35.8 Å². The molecule has 0 atom stereocenters. The highest BCUT2D eigenvalue weighted by atomic mass is 79.9. The van der Waals surface area contributed by atoms with Gasteiger partial charge < -0.3 is 4.90 Å².